The van der Waals surface area contributed by atoms with E-state index in [0.29, 0.717) is 17.7 Å². The zero-order valence-corrected chi connectivity index (χ0v) is 58.0. The number of carboxylic acid groups (broad SMARTS) is 3. The van der Waals surface area contributed by atoms with Crippen LogP contribution < -0.4 is 87.2 Å². The van der Waals surface area contributed by atoms with E-state index in [2.05, 4.69) is 73.4 Å². The highest BCUT2D eigenvalue weighted by Gasteiger charge is 2.38. The van der Waals surface area contributed by atoms with E-state index in [4.69, 9.17) is 28.7 Å². The lowest BCUT2D eigenvalue weighted by Gasteiger charge is -2.28. The summed E-state index contributed by atoms with van der Waals surface area (Å²) >= 11 is 0. The monoisotopic (exact) mass is 1460 g/mol. The largest absolute Gasteiger partial charge is 0.481 e. The molecule has 1 aromatic heterocycles. The highest BCUT2D eigenvalue weighted by atomic mass is 16.4. The minimum absolute atomic E-state index is 0.0126. The first-order chi connectivity index (χ1) is 49.0. The molecule has 0 radical (unpaired) electrons. The van der Waals surface area contributed by atoms with Crippen molar-refractivity contribution >= 4 is 101 Å². The Bertz CT molecular complexity index is 3490. The van der Waals surface area contributed by atoms with Crippen LogP contribution in [0, 0.1) is 11.8 Å². The minimum Gasteiger partial charge on any atom is -0.481 e. The average Bonchev–Trinajstić information content (AvgIpc) is 0.986. The number of aliphatic hydroxyl groups is 1. The Labute approximate surface area is 597 Å². The van der Waals surface area contributed by atoms with Crippen LogP contribution in [0.1, 0.15) is 122 Å². The first-order valence-electron chi connectivity index (χ1n) is 33.1. The third kappa shape index (κ3) is 31.1. The normalized spacial score (nSPS) is 14.7. The first-order valence-corrected chi connectivity index (χ1v) is 33.1. The molecular weight excluding hydrogens is 1370 g/mol. The van der Waals surface area contributed by atoms with Gasteiger partial charge >= 0.3 is 17.9 Å². The average molecular weight is 1460 g/mol. The number of hydrogen-bond donors (Lipinski definition) is 21. The van der Waals surface area contributed by atoms with Gasteiger partial charge in [-0.05, 0) is 62.0 Å². The predicted octanol–water partition coefficient (Wildman–Crippen LogP) is -6.05. The number of guanidine groups is 1. The number of amides is 13. The number of carbonyl (C=O) groups excluding carboxylic acids is 13. The van der Waals surface area contributed by atoms with Crippen molar-refractivity contribution < 1.29 is 97.1 Å². The lowest BCUT2D eigenvalue weighted by molar-refractivity contribution is -0.142. The summed E-state index contributed by atoms with van der Waals surface area (Å²) in [5.74, 6) is -20.2. The van der Waals surface area contributed by atoms with E-state index in [1.165, 1.54) is 42.9 Å². The zero-order chi connectivity index (χ0) is 77.9. The van der Waals surface area contributed by atoms with Gasteiger partial charge in [0.1, 0.15) is 66.5 Å². The molecule has 39 heteroatoms. The number of H-pyrrole nitrogens is 1. The van der Waals surface area contributed by atoms with Crippen molar-refractivity contribution in [2.45, 2.75) is 184 Å². The number of rotatable bonds is 47. The Kier molecular flexibility index (Phi) is 36.5. The van der Waals surface area contributed by atoms with Gasteiger partial charge in [-0.15, -0.1) is 0 Å². The number of carbonyl (C=O) groups is 16. The Morgan fingerprint density at radius 2 is 0.942 bits per heavy atom. The van der Waals surface area contributed by atoms with E-state index in [0.717, 1.165) is 6.92 Å². The van der Waals surface area contributed by atoms with Gasteiger partial charge in [0, 0.05) is 44.1 Å². The molecule has 570 valence electrons. The summed E-state index contributed by atoms with van der Waals surface area (Å²) in [6, 6.07) is -4.75. The van der Waals surface area contributed by atoms with Gasteiger partial charge in [-0.1, -0.05) is 94.8 Å². The molecule has 0 aliphatic heterocycles. The molecular formula is C65H95N19O20. The van der Waals surface area contributed by atoms with E-state index in [9.17, 15) is 97.1 Å². The Morgan fingerprint density at radius 1 is 0.490 bits per heavy atom. The smallest absolute Gasteiger partial charge is 0.305 e. The molecule has 104 heavy (non-hydrogen) atoms. The van der Waals surface area contributed by atoms with Gasteiger partial charge in [0.2, 0.25) is 76.8 Å². The number of nitrogens with one attached hydrogen (secondary N) is 12. The number of primary amides is 2. The number of aromatic amines is 1. The lowest BCUT2D eigenvalue weighted by Crippen LogP contribution is -2.60. The Balaban J connectivity index is 1.91. The molecule has 3 aromatic rings. The van der Waals surface area contributed by atoms with E-state index in [-0.39, 0.29) is 56.1 Å². The van der Waals surface area contributed by atoms with Gasteiger partial charge in [0.25, 0.3) is 0 Å². The fraction of sp³-hybridized carbons (Fsp3) is 0.508. The van der Waals surface area contributed by atoms with E-state index < -0.39 is 218 Å². The topological polar surface area (TPSA) is 658 Å². The molecule has 1 heterocycles. The number of aromatic nitrogens is 2. The van der Waals surface area contributed by atoms with Crippen LogP contribution >= 0.6 is 0 Å². The van der Waals surface area contributed by atoms with Gasteiger partial charge in [-0.25, -0.2) is 4.98 Å². The summed E-state index contributed by atoms with van der Waals surface area (Å²) in [6.45, 7) is 6.68. The maximum absolute atomic E-state index is 14.4. The fourth-order valence-electron chi connectivity index (χ4n) is 9.97. The van der Waals surface area contributed by atoms with E-state index in [1.807, 2.05) is 0 Å². The minimum atomic E-state index is -2.05. The van der Waals surface area contributed by atoms with Crippen molar-refractivity contribution in [3.63, 3.8) is 0 Å². The van der Waals surface area contributed by atoms with Crippen LogP contribution in [0.25, 0.3) is 0 Å². The SMILES string of the molecule is CC[C@H](C)[C@H](N)C(=O)N[C@@H](CO)C(=O)N[C@@H](CCC(=O)O)C(=O)N[C@H](C(=O)N[C@@H](CC(N)=O)C(=O)N[C@@H](CC(C)C)C(=O)N[C@@H](CC(=O)O)C(=O)N[C@@H](C)C(=O)N[C@@H](CCC(=O)O)C(=O)N[C@@H](Cc1ccccc1)C(=O)N[C@@H](CCCN=C(N)N)C(=O)N[C@@H](Cc1cnc[nH]1)C(N)=O)c1ccccc1. The fourth-order valence-corrected chi connectivity index (χ4v) is 9.97. The third-order valence-corrected chi connectivity index (χ3v) is 15.9. The molecule has 0 aliphatic carbocycles. The van der Waals surface area contributed by atoms with Gasteiger partial charge < -0.3 is 113 Å². The summed E-state index contributed by atoms with van der Waals surface area (Å²) in [4.78, 5) is 225. The van der Waals surface area contributed by atoms with Crippen molar-refractivity contribution in [2.24, 2.45) is 45.5 Å². The Morgan fingerprint density at radius 3 is 1.45 bits per heavy atom. The number of nitrogens with two attached hydrogens (primary N) is 5. The van der Waals surface area contributed by atoms with Crippen LogP contribution in [0.3, 0.4) is 0 Å². The van der Waals surface area contributed by atoms with Crippen LogP contribution in [-0.2, 0) is 89.6 Å². The summed E-state index contributed by atoms with van der Waals surface area (Å²) in [5, 5.41) is 65.2. The molecule has 39 nitrogen and oxygen atoms in total. The maximum Gasteiger partial charge on any atom is 0.305 e. The maximum atomic E-state index is 14.4. The molecule has 26 N–H and O–H groups in total. The number of aliphatic hydroxyl groups excluding tert-OH is 1. The highest BCUT2D eigenvalue weighted by Crippen LogP contribution is 2.17. The number of nitrogens with zero attached hydrogens (tertiary/aromatic N) is 2. The van der Waals surface area contributed by atoms with Crippen LogP contribution in [-0.4, -0.2) is 211 Å². The second-order valence-electron chi connectivity index (χ2n) is 24.8. The molecule has 0 saturated heterocycles. The summed E-state index contributed by atoms with van der Waals surface area (Å²) in [5.41, 5.74) is 29.0. The molecule has 0 saturated carbocycles. The van der Waals surface area contributed by atoms with Crippen molar-refractivity contribution in [2.75, 3.05) is 13.2 Å². The van der Waals surface area contributed by atoms with Crippen molar-refractivity contribution in [3.8, 4) is 0 Å². The summed E-state index contributed by atoms with van der Waals surface area (Å²) in [6.07, 6.45) is -2.39. The number of aliphatic carboxylic acids is 3. The number of aliphatic imine (C=N–C) groups is 1. The van der Waals surface area contributed by atoms with Crippen molar-refractivity contribution in [1.29, 1.82) is 0 Å². The van der Waals surface area contributed by atoms with Gasteiger partial charge in [0.15, 0.2) is 5.96 Å². The molecule has 13 amide bonds. The summed E-state index contributed by atoms with van der Waals surface area (Å²) < 4.78 is 0. The van der Waals surface area contributed by atoms with Crippen molar-refractivity contribution in [1.82, 2.24) is 68.5 Å². The predicted molar refractivity (Wildman–Crippen MR) is 368 cm³/mol. The van der Waals surface area contributed by atoms with Crippen molar-refractivity contribution in [3.05, 3.63) is 90.0 Å². The molecule has 0 fully saturated rings. The standard InChI is InChI=1S/C65H95N19O20/c1-6-33(4)51(67)63(103)83-46(30-85)62(102)77-40(20-22-49(89)90)57(97)84-52(36-16-11-8-12-17-36)64(104)82-44(27-47(66)86)61(101)79-42(24-32(2)3)59(99)81-45(28-50(91)92)58(98)74-34(5)54(94)75-39(19-21-48(87)88)56(96)80-43(25-35-14-9-7-10-15-35)60(100)76-38(18-13-23-72-65(69)70)55(95)78-41(53(68)93)26-37-29-71-31-73-37/h7-12,14-17,29,31-34,38-46,51-52,85H,6,13,18-28,30,67H2,1-5H3,(H2,66,86)(H2,68,93)(H,71,73)(H,74,98)(H,75,94)(H,76,100)(H,77,102)(H,78,95)(H,79,101)(H,80,96)(H,81,99)(H,82,104)(H,83,103)(H,84,97)(H,87,88)(H,89,90)(H,91,92)(H4,69,70,72)/t33-,34-,38-,39-,40-,41-,42-,43-,44-,45-,46-,51-,52-/m0/s1. The third-order valence-electron chi connectivity index (χ3n) is 15.9. The molecule has 0 aliphatic rings. The van der Waals surface area contributed by atoms with Crippen LogP contribution in [0.15, 0.2) is 78.2 Å². The van der Waals surface area contributed by atoms with Gasteiger partial charge in [0.05, 0.1) is 31.8 Å². The molecule has 3 rings (SSSR count). The summed E-state index contributed by atoms with van der Waals surface area (Å²) in [7, 11) is 0. The zero-order valence-electron chi connectivity index (χ0n) is 58.0. The van der Waals surface area contributed by atoms with Crippen LogP contribution in [0.4, 0.5) is 0 Å². The molecule has 0 unspecified atom stereocenters. The quantitative estimate of drug-likeness (QED) is 0.0142. The highest BCUT2D eigenvalue weighted by molar-refractivity contribution is 6.01. The van der Waals surface area contributed by atoms with Gasteiger partial charge in [-0.2, -0.15) is 0 Å². The Hall–Kier alpha value is -11.6. The number of hydrogen-bond acceptors (Lipinski definition) is 20. The lowest BCUT2D eigenvalue weighted by atomic mass is 9.99. The molecule has 2 aromatic carbocycles. The van der Waals surface area contributed by atoms with Crippen LogP contribution in [0.5, 0.6) is 0 Å². The second kappa shape index (κ2) is 43.9. The first kappa shape index (κ1) is 86.6. The number of carboxylic acids is 3. The molecule has 0 bridgehead atoms. The van der Waals surface area contributed by atoms with Gasteiger partial charge in [-0.3, -0.25) is 81.7 Å². The number of imidazole rings is 1. The second-order valence-corrected chi connectivity index (χ2v) is 24.8. The molecule has 13 atom stereocenters. The van der Waals surface area contributed by atoms with Crippen LogP contribution in [0.2, 0.25) is 0 Å². The number of benzene rings is 2. The molecule has 0 spiro atoms. The van der Waals surface area contributed by atoms with E-state index >= 15 is 0 Å². The van der Waals surface area contributed by atoms with E-state index in [1.54, 1.807) is 58.0 Å².